The second kappa shape index (κ2) is 9.65. The molecule has 4 rings (SSSR count). The first kappa shape index (κ1) is 23.4. The number of rotatable bonds is 7. The van der Waals surface area contributed by atoms with Crippen molar-refractivity contribution in [3.05, 3.63) is 59.8 Å². The number of sulfonamides is 1. The predicted octanol–water partition coefficient (Wildman–Crippen LogP) is 4.08. The van der Waals surface area contributed by atoms with Gasteiger partial charge < -0.3 is 4.90 Å². The van der Waals surface area contributed by atoms with Gasteiger partial charge in [-0.05, 0) is 74.9 Å². The van der Waals surface area contributed by atoms with Crippen LogP contribution in [0.4, 0.5) is 0 Å². The van der Waals surface area contributed by atoms with Crippen LogP contribution < -0.4 is 4.72 Å². The van der Waals surface area contributed by atoms with E-state index >= 15 is 0 Å². The molecule has 0 bridgehead atoms. The molecule has 0 radical (unpaired) electrons. The number of carbonyl (C=O) groups excluding carboxylic acids is 1. The van der Waals surface area contributed by atoms with Crippen molar-refractivity contribution in [2.75, 3.05) is 19.6 Å². The van der Waals surface area contributed by atoms with Crippen molar-refractivity contribution in [2.45, 2.75) is 51.2 Å². The van der Waals surface area contributed by atoms with Gasteiger partial charge in [-0.3, -0.25) is 4.79 Å². The highest BCUT2D eigenvalue weighted by Crippen LogP contribution is 2.23. The van der Waals surface area contributed by atoms with E-state index < -0.39 is 15.3 Å². The SMILES string of the molecule is CC(CNS(=O)(=O)C(C)C)c1ccc(-n2ncc3cc(C(=O)N4CCCCC4)ccc32)cc1. The summed E-state index contributed by atoms with van der Waals surface area (Å²) in [6, 6.07) is 13.7. The Morgan fingerprint density at radius 1 is 1.03 bits per heavy atom. The van der Waals surface area contributed by atoms with Crippen LogP contribution in [-0.4, -0.2) is 53.9 Å². The number of likely N-dealkylation sites (tertiary alicyclic amines) is 1. The number of aromatic nitrogens is 2. The summed E-state index contributed by atoms with van der Waals surface area (Å²) in [6.45, 7) is 7.37. The zero-order valence-electron chi connectivity index (χ0n) is 19.5. The van der Waals surface area contributed by atoms with Gasteiger partial charge in [-0.2, -0.15) is 5.10 Å². The third kappa shape index (κ3) is 5.12. The van der Waals surface area contributed by atoms with E-state index in [2.05, 4.69) is 9.82 Å². The Balaban J connectivity index is 1.49. The zero-order chi connectivity index (χ0) is 23.6. The first-order valence-electron chi connectivity index (χ1n) is 11.6. The summed E-state index contributed by atoms with van der Waals surface area (Å²) >= 11 is 0. The quantitative estimate of drug-likeness (QED) is 0.566. The molecule has 1 saturated heterocycles. The summed E-state index contributed by atoms with van der Waals surface area (Å²) < 4.78 is 28.6. The lowest BCUT2D eigenvalue weighted by molar-refractivity contribution is 0.0724. The maximum atomic E-state index is 12.8. The third-order valence-electron chi connectivity index (χ3n) is 6.38. The van der Waals surface area contributed by atoms with Crippen molar-refractivity contribution in [3.63, 3.8) is 0 Å². The maximum Gasteiger partial charge on any atom is 0.253 e. The van der Waals surface area contributed by atoms with Gasteiger partial charge in [0.05, 0.1) is 22.7 Å². The van der Waals surface area contributed by atoms with Crippen LogP contribution in [0, 0.1) is 0 Å². The van der Waals surface area contributed by atoms with E-state index in [4.69, 9.17) is 0 Å². The second-order valence-corrected chi connectivity index (χ2v) is 11.4. The predicted molar refractivity (Wildman–Crippen MR) is 131 cm³/mol. The molecule has 2 heterocycles. The van der Waals surface area contributed by atoms with Crippen LogP contribution in [-0.2, 0) is 10.0 Å². The van der Waals surface area contributed by atoms with Gasteiger partial charge in [-0.25, -0.2) is 17.8 Å². The number of amides is 1. The number of carbonyl (C=O) groups is 1. The maximum absolute atomic E-state index is 12.8. The zero-order valence-corrected chi connectivity index (χ0v) is 20.3. The molecule has 1 atom stereocenters. The number of fused-ring (bicyclic) bond motifs is 1. The highest BCUT2D eigenvalue weighted by atomic mass is 32.2. The molecule has 1 aliphatic rings. The van der Waals surface area contributed by atoms with Crippen LogP contribution in [0.25, 0.3) is 16.6 Å². The second-order valence-electron chi connectivity index (χ2n) is 9.12. The minimum Gasteiger partial charge on any atom is -0.339 e. The molecule has 1 fully saturated rings. The summed E-state index contributed by atoms with van der Waals surface area (Å²) in [5, 5.41) is 5.02. The molecule has 1 N–H and O–H groups in total. The van der Waals surface area contributed by atoms with Crippen LogP contribution in [0.15, 0.2) is 48.7 Å². The normalized spacial score (nSPS) is 15.8. The van der Waals surface area contributed by atoms with Gasteiger partial charge in [0.15, 0.2) is 0 Å². The Hall–Kier alpha value is -2.71. The fourth-order valence-corrected chi connectivity index (χ4v) is 4.94. The average molecular weight is 469 g/mol. The number of hydrogen-bond acceptors (Lipinski definition) is 4. The van der Waals surface area contributed by atoms with Gasteiger partial charge in [0.2, 0.25) is 10.0 Å². The molecule has 8 heteroatoms. The van der Waals surface area contributed by atoms with Crippen LogP contribution in [0.2, 0.25) is 0 Å². The molecule has 1 amide bonds. The van der Waals surface area contributed by atoms with Gasteiger partial charge >= 0.3 is 0 Å². The minimum atomic E-state index is -3.28. The summed E-state index contributed by atoms with van der Waals surface area (Å²) in [7, 11) is -3.28. The Labute approximate surface area is 195 Å². The molecule has 0 saturated carbocycles. The van der Waals surface area contributed by atoms with E-state index in [1.54, 1.807) is 20.0 Å². The molecule has 0 spiro atoms. The van der Waals surface area contributed by atoms with E-state index in [1.807, 2.05) is 59.0 Å². The highest BCUT2D eigenvalue weighted by Gasteiger charge is 2.19. The van der Waals surface area contributed by atoms with Crippen molar-refractivity contribution in [3.8, 4) is 5.69 Å². The van der Waals surface area contributed by atoms with Gasteiger partial charge in [-0.1, -0.05) is 19.1 Å². The first-order valence-corrected chi connectivity index (χ1v) is 13.2. The molecule has 33 heavy (non-hydrogen) atoms. The average Bonchev–Trinajstić information content (AvgIpc) is 3.26. The molecule has 1 unspecified atom stereocenters. The molecular formula is C25H32N4O3S. The lowest BCUT2D eigenvalue weighted by Gasteiger charge is -2.26. The molecule has 176 valence electrons. The topological polar surface area (TPSA) is 84.3 Å². The minimum absolute atomic E-state index is 0.0466. The number of benzene rings is 2. The van der Waals surface area contributed by atoms with Crippen molar-refractivity contribution >= 4 is 26.8 Å². The van der Waals surface area contributed by atoms with Crippen molar-refractivity contribution in [2.24, 2.45) is 0 Å². The molecule has 7 nitrogen and oxygen atoms in total. The van der Waals surface area contributed by atoms with E-state index in [9.17, 15) is 13.2 Å². The molecule has 1 aromatic heterocycles. The first-order chi connectivity index (χ1) is 15.8. The van der Waals surface area contributed by atoms with Crippen molar-refractivity contribution in [1.82, 2.24) is 19.4 Å². The van der Waals surface area contributed by atoms with Crippen LogP contribution in [0.3, 0.4) is 0 Å². The molecule has 2 aromatic carbocycles. The Bertz CT molecular complexity index is 1230. The highest BCUT2D eigenvalue weighted by molar-refractivity contribution is 7.90. The fraction of sp³-hybridized carbons (Fsp3) is 0.440. The van der Waals surface area contributed by atoms with E-state index in [0.717, 1.165) is 48.1 Å². The number of hydrogen-bond donors (Lipinski definition) is 1. The van der Waals surface area contributed by atoms with Crippen molar-refractivity contribution in [1.29, 1.82) is 0 Å². The third-order valence-corrected chi connectivity index (χ3v) is 8.19. The standard InChI is InChI=1S/C25H32N4O3S/c1-18(2)33(31,32)27-16-19(3)20-7-10-23(11-8-20)29-24-12-9-21(15-22(24)17-26-29)25(30)28-13-5-4-6-14-28/h7-12,15,17-19,27H,4-6,13-14,16H2,1-3H3. The Morgan fingerprint density at radius 2 is 1.73 bits per heavy atom. The molecular weight excluding hydrogens is 436 g/mol. The number of nitrogens with one attached hydrogen (secondary N) is 1. The lowest BCUT2D eigenvalue weighted by atomic mass is 10.0. The van der Waals surface area contributed by atoms with E-state index in [1.165, 1.54) is 6.42 Å². The summed E-state index contributed by atoms with van der Waals surface area (Å²) in [5.41, 5.74) is 3.61. The summed E-state index contributed by atoms with van der Waals surface area (Å²) in [5.74, 6) is 0.140. The fourth-order valence-electron chi connectivity index (χ4n) is 4.12. The van der Waals surface area contributed by atoms with Crippen LogP contribution in [0.1, 0.15) is 61.9 Å². The molecule has 1 aliphatic heterocycles. The number of nitrogens with zero attached hydrogens (tertiary/aromatic N) is 3. The van der Waals surface area contributed by atoms with Crippen LogP contribution in [0.5, 0.6) is 0 Å². The van der Waals surface area contributed by atoms with Crippen molar-refractivity contribution < 1.29 is 13.2 Å². The monoisotopic (exact) mass is 468 g/mol. The number of piperidine rings is 1. The van der Waals surface area contributed by atoms with Crippen LogP contribution >= 0.6 is 0 Å². The Kier molecular flexibility index (Phi) is 6.86. The smallest absolute Gasteiger partial charge is 0.253 e. The molecule has 3 aromatic rings. The Morgan fingerprint density at radius 3 is 2.39 bits per heavy atom. The van der Waals surface area contributed by atoms with Gasteiger partial charge in [0.25, 0.3) is 5.91 Å². The van der Waals surface area contributed by atoms with Gasteiger partial charge in [0, 0.05) is 30.6 Å². The summed E-state index contributed by atoms with van der Waals surface area (Å²) in [4.78, 5) is 14.8. The lowest BCUT2D eigenvalue weighted by Crippen LogP contribution is -2.35. The van der Waals surface area contributed by atoms with Gasteiger partial charge in [-0.15, -0.1) is 0 Å². The summed E-state index contributed by atoms with van der Waals surface area (Å²) in [6.07, 6.45) is 5.13. The molecule has 0 aliphatic carbocycles. The van der Waals surface area contributed by atoms with Gasteiger partial charge in [0.1, 0.15) is 0 Å². The van der Waals surface area contributed by atoms with E-state index in [-0.39, 0.29) is 11.8 Å². The van der Waals surface area contributed by atoms with E-state index in [0.29, 0.717) is 12.1 Å². The largest absolute Gasteiger partial charge is 0.339 e.